The van der Waals surface area contributed by atoms with Crippen molar-refractivity contribution in [3.63, 3.8) is 0 Å². The van der Waals surface area contributed by atoms with Crippen molar-refractivity contribution in [2.45, 2.75) is 5.03 Å². The molecule has 7 heteroatoms. The normalized spacial score (nSPS) is 11.9. The number of hydrogen-bond donors (Lipinski definition) is 1. The van der Waals surface area contributed by atoms with E-state index in [0.717, 1.165) is 4.31 Å². The number of aromatic nitrogens is 2. The van der Waals surface area contributed by atoms with Crippen molar-refractivity contribution in [3.8, 4) is 0 Å². The Labute approximate surface area is 94.9 Å². The van der Waals surface area contributed by atoms with Crippen LogP contribution in [-0.4, -0.2) is 47.3 Å². The molecule has 1 rings (SSSR count). The minimum absolute atomic E-state index is 0.0412. The van der Waals surface area contributed by atoms with Crippen LogP contribution in [0.2, 0.25) is 0 Å². The zero-order valence-corrected chi connectivity index (χ0v) is 9.89. The number of aliphatic hydroxyl groups excluding tert-OH is 1. The Morgan fingerprint density at radius 3 is 2.81 bits per heavy atom. The molecule has 90 valence electrons. The molecule has 0 unspecified atom stereocenters. The van der Waals surface area contributed by atoms with Crippen molar-refractivity contribution in [1.82, 2.24) is 14.1 Å². The van der Waals surface area contributed by atoms with Gasteiger partial charge in [-0.15, -0.1) is 6.58 Å². The van der Waals surface area contributed by atoms with Crippen molar-refractivity contribution in [3.05, 3.63) is 24.9 Å². The maximum atomic E-state index is 12.1. The van der Waals surface area contributed by atoms with Gasteiger partial charge in [-0.05, 0) is 6.07 Å². The highest BCUT2D eigenvalue weighted by atomic mass is 32.2. The molecule has 0 saturated carbocycles. The lowest BCUT2D eigenvalue weighted by atomic mass is 10.6. The van der Waals surface area contributed by atoms with Crippen molar-refractivity contribution in [2.75, 3.05) is 19.7 Å². The fourth-order valence-electron chi connectivity index (χ4n) is 1.31. The Kier molecular flexibility index (Phi) is 4.22. The van der Waals surface area contributed by atoms with Crippen LogP contribution in [0.4, 0.5) is 0 Å². The molecule has 0 aromatic carbocycles. The van der Waals surface area contributed by atoms with Crippen LogP contribution in [-0.2, 0) is 17.1 Å². The van der Waals surface area contributed by atoms with Gasteiger partial charge in [0.2, 0.25) is 0 Å². The molecular weight excluding hydrogens is 230 g/mol. The lowest BCUT2D eigenvalue weighted by molar-refractivity contribution is 0.259. The van der Waals surface area contributed by atoms with E-state index >= 15 is 0 Å². The van der Waals surface area contributed by atoms with Gasteiger partial charge in [-0.3, -0.25) is 4.68 Å². The summed E-state index contributed by atoms with van der Waals surface area (Å²) in [6.45, 7) is 3.46. The van der Waals surface area contributed by atoms with Gasteiger partial charge in [0.15, 0.2) is 5.03 Å². The molecule has 1 heterocycles. The van der Waals surface area contributed by atoms with Crippen molar-refractivity contribution >= 4 is 10.0 Å². The molecule has 1 aromatic heterocycles. The van der Waals surface area contributed by atoms with E-state index in [-0.39, 0.29) is 24.7 Å². The largest absolute Gasteiger partial charge is 0.395 e. The Balaban J connectivity index is 3.07. The van der Waals surface area contributed by atoms with E-state index in [4.69, 9.17) is 5.11 Å². The summed E-state index contributed by atoms with van der Waals surface area (Å²) in [6, 6.07) is 1.42. The number of sulfonamides is 1. The second-order valence-corrected chi connectivity index (χ2v) is 5.05. The van der Waals surface area contributed by atoms with Crippen molar-refractivity contribution in [2.24, 2.45) is 7.05 Å². The van der Waals surface area contributed by atoms with Crippen LogP contribution in [0.3, 0.4) is 0 Å². The summed E-state index contributed by atoms with van der Waals surface area (Å²) in [6.07, 6.45) is 2.89. The molecule has 1 aromatic rings. The van der Waals surface area contributed by atoms with Crippen LogP contribution in [0.5, 0.6) is 0 Å². The summed E-state index contributed by atoms with van der Waals surface area (Å²) < 4.78 is 26.6. The van der Waals surface area contributed by atoms with E-state index in [2.05, 4.69) is 11.7 Å². The molecule has 0 radical (unpaired) electrons. The average molecular weight is 245 g/mol. The first-order valence-electron chi connectivity index (χ1n) is 4.74. The lowest BCUT2D eigenvalue weighted by Crippen LogP contribution is -2.34. The average Bonchev–Trinajstić information content (AvgIpc) is 2.65. The minimum atomic E-state index is -3.61. The van der Waals surface area contributed by atoms with E-state index < -0.39 is 10.0 Å². The quantitative estimate of drug-likeness (QED) is 0.691. The van der Waals surface area contributed by atoms with Crippen LogP contribution < -0.4 is 0 Å². The molecule has 16 heavy (non-hydrogen) atoms. The van der Waals surface area contributed by atoms with Gasteiger partial charge in [0.25, 0.3) is 10.0 Å². The molecule has 0 aliphatic carbocycles. The van der Waals surface area contributed by atoms with E-state index in [1.807, 2.05) is 0 Å². The third-order valence-electron chi connectivity index (χ3n) is 2.06. The highest BCUT2D eigenvalue weighted by Crippen LogP contribution is 2.13. The van der Waals surface area contributed by atoms with Crippen LogP contribution >= 0.6 is 0 Å². The third-order valence-corrected chi connectivity index (χ3v) is 4.00. The van der Waals surface area contributed by atoms with Gasteiger partial charge >= 0.3 is 0 Å². The standard InChI is InChI=1S/C9H15N3O3S/c1-3-6-12(7-8-13)16(14,15)9-4-5-10-11(9)2/h3-5,13H,1,6-8H2,2H3. The van der Waals surface area contributed by atoms with Gasteiger partial charge < -0.3 is 5.11 Å². The molecule has 6 nitrogen and oxygen atoms in total. The number of nitrogens with zero attached hydrogens (tertiary/aromatic N) is 3. The number of hydrogen-bond acceptors (Lipinski definition) is 4. The first-order chi connectivity index (χ1) is 7.54. The highest BCUT2D eigenvalue weighted by Gasteiger charge is 2.25. The van der Waals surface area contributed by atoms with E-state index in [9.17, 15) is 8.42 Å². The zero-order chi connectivity index (χ0) is 12.2. The summed E-state index contributed by atoms with van der Waals surface area (Å²) >= 11 is 0. The molecule has 0 saturated heterocycles. The molecule has 0 aliphatic heterocycles. The van der Waals surface area contributed by atoms with Crippen LogP contribution in [0.15, 0.2) is 29.9 Å². The molecule has 0 aliphatic rings. The fraction of sp³-hybridized carbons (Fsp3) is 0.444. The van der Waals surface area contributed by atoms with E-state index in [1.54, 1.807) is 7.05 Å². The van der Waals surface area contributed by atoms with Gasteiger partial charge in [0, 0.05) is 20.1 Å². The first-order valence-corrected chi connectivity index (χ1v) is 6.18. The number of rotatable bonds is 6. The van der Waals surface area contributed by atoms with Crippen molar-refractivity contribution < 1.29 is 13.5 Å². The van der Waals surface area contributed by atoms with Crippen LogP contribution in [0, 0.1) is 0 Å². The van der Waals surface area contributed by atoms with Gasteiger partial charge in [-0.2, -0.15) is 9.40 Å². The summed E-state index contributed by atoms with van der Waals surface area (Å²) in [5.41, 5.74) is 0. The molecule has 0 atom stereocenters. The SMILES string of the molecule is C=CCN(CCO)S(=O)(=O)c1ccnn1C. The van der Waals surface area contributed by atoms with Gasteiger partial charge in [0.1, 0.15) is 0 Å². The highest BCUT2D eigenvalue weighted by molar-refractivity contribution is 7.89. The summed E-state index contributed by atoms with van der Waals surface area (Å²) in [7, 11) is -2.06. The first kappa shape index (κ1) is 12.9. The minimum Gasteiger partial charge on any atom is -0.395 e. The molecule has 0 amide bonds. The van der Waals surface area contributed by atoms with Crippen LogP contribution in [0.1, 0.15) is 0 Å². The maximum Gasteiger partial charge on any atom is 0.260 e. The second-order valence-electron chi connectivity index (χ2n) is 3.17. The molecule has 1 N–H and O–H groups in total. The maximum absolute atomic E-state index is 12.1. The predicted molar refractivity (Wildman–Crippen MR) is 59.2 cm³/mol. The molecule has 0 bridgehead atoms. The number of aliphatic hydroxyl groups is 1. The van der Waals surface area contributed by atoms with Crippen molar-refractivity contribution in [1.29, 1.82) is 0 Å². The topological polar surface area (TPSA) is 75.4 Å². The van der Waals surface area contributed by atoms with Crippen LogP contribution in [0.25, 0.3) is 0 Å². The number of aryl methyl sites for hydroxylation is 1. The Morgan fingerprint density at radius 2 is 2.38 bits per heavy atom. The monoisotopic (exact) mass is 245 g/mol. The lowest BCUT2D eigenvalue weighted by Gasteiger charge is -2.19. The Hall–Kier alpha value is -1.18. The molecular formula is C9H15N3O3S. The second kappa shape index (κ2) is 5.24. The van der Waals surface area contributed by atoms with Gasteiger partial charge in [-0.25, -0.2) is 8.42 Å². The summed E-state index contributed by atoms with van der Waals surface area (Å²) in [5, 5.41) is 12.7. The molecule has 0 spiro atoms. The zero-order valence-electron chi connectivity index (χ0n) is 9.07. The summed E-state index contributed by atoms with van der Waals surface area (Å²) in [5.74, 6) is 0. The van der Waals surface area contributed by atoms with E-state index in [0.29, 0.717) is 0 Å². The smallest absolute Gasteiger partial charge is 0.260 e. The fourth-order valence-corrected chi connectivity index (χ4v) is 2.81. The summed E-state index contributed by atoms with van der Waals surface area (Å²) in [4.78, 5) is 0. The van der Waals surface area contributed by atoms with Gasteiger partial charge in [-0.1, -0.05) is 6.08 Å². The van der Waals surface area contributed by atoms with Gasteiger partial charge in [0.05, 0.1) is 12.8 Å². The van der Waals surface area contributed by atoms with E-state index in [1.165, 1.54) is 23.0 Å². The Morgan fingerprint density at radius 1 is 1.69 bits per heavy atom. The molecule has 0 fully saturated rings. The predicted octanol–water partition coefficient (Wildman–Crippen LogP) is -0.411. The Bertz CT molecular complexity index is 452. The third kappa shape index (κ3) is 2.49.